The van der Waals surface area contributed by atoms with Crippen LogP contribution >= 0.6 is 8.03 Å². The Bertz CT molecular complexity index is 439. The van der Waals surface area contributed by atoms with E-state index in [1.807, 2.05) is 0 Å². The molecule has 0 aromatic heterocycles. The summed E-state index contributed by atoms with van der Waals surface area (Å²) in [5.41, 5.74) is 0.447. The number of benzene rings is 1. The van der Waals surface area contributed by atoms with Crippen molar-refractivity contribution in [2.24, 2.45) is 0 Å². The first-order valence-electron chi connectivity index (χ1n) is 6.39. The van der Waals surface area contributed by atoms with Gasteiger partial charge >= 0.3 is 0 Å². The van der Waals surface area contributed by atoms with Crippen LogP contribution in [-0.2, 0) is 9.09 Å². The second-order valence-electron chi connectivity index (χ2n) is 4.55. The van der Waals surface area contributed by atoms with Gasteiger partial charge in [0.1, 0.15) is 5.82 Å². The largest absolute Gasteiger partial charge is 0.324 e. The summed E-state index contributed by atoms with van der Waals surface area (Å²) < 4.78 is 30.6. The molecule has 1 aromatic carbocycles. The molecule has 0 spiro atoms. The van der Waals surface area contributed by atoms with Crippen LogP contribution in [0.25, 0.3) is 6.08 Å². The third-order valence-corrected chi connectivity index (χ3v) is 4.14. The smallest absolute Gasteiger partial charge is 0.213 e. The van der Waals surface area contributed by atoms with Gasteiger partial charge in [0, 0.05) is 5.56 Å². The molecule has 1 aliphatic rings. The van der Waals surface area contributed by atoms with Crippen LogP contribution in [0.15, 0.2) is 30.1 Å². The molecule has 0 heterocycles. The fourth-order valence-corrected chi connectivity index (χ4v) is 3.11. The van der Waals surface area contributed by atoms with Gasteiger partial charge in [0.25, 0.3) is 0 Å². The fourth-order valence-electron chi connectivity index (χ4n) is 2.15. The second-order valence-corrected chi connectivity index (χ2v) is 5.76. The Morgan fingerprint density at radius 1 is 1.22 bits per heavy atom. The summed E-state index contributed by atoms with van der Waals surface area (Å²) in [6.45, 7) is 0. The summed E-state index contributed by atoms with van der Waals surface area (Å²) in [7, 11) is -2.20. The maximum absolute atomic E-state index is 13.3. The van der Waals surface area contributed by atoms with Crippen molar-refractivity contribution in [2.75, 3.05) is 0 Å². The van der Waals surface area contributed by atoms with Crippen LogP contribution in [0.2, 0.25) is 0 Å². The molecule has 0 aliphatic heterocycles. The fraction of sp³-hybridized carbons (Fsp3) is 0.429. The molecule has 0 bridgehead atoms. The van der Waals surface area contributed by atoms with Crippen molar-refractivity contribution in [3.63, 3.8) is 0 Å². The van der Waals surface area contributed by atoms with Crippen molar-refractivity contribution in [1.82, 2.24) is 0 Å². The van der Waals surface area contributed by atoms with Crippen LogP contribution in [0.1, 0.15) is 37.7 Å². The molecule has 1 aromatic rings. The molecule has 1 aliphatic carbocycles. The summed E-state index contributed by atoms with van der Waals surface area (Å²) in [6.07, 6.45) is 7.18. The quantitative estimate of drug-likeness (QED) is 0.745. The van der Waals surface area contributed by atoms with Crippen LogP contribution in [0, 0.1) is 5.82 Å². The lowest BCUT2D eigenvalue weighted by Gasteiger charge is -2.20. The molecule has 1 saturated carbocycles. The molecule has 1 unspecified atom stereocenters. The molecule has 18 heavy (non-hydrogen) atoms. The highest BCUT2D eigenvalue weighted by Gasteiger charge is 2.15. The van der Waals surface area contributed by atoms with Crippen LogP contribution in [-0.4, -0.2) is 6.10 Å². The first-order chi connectivity index (χ1) is 8.75. The minimum Gasteiger partial charge on any atom is -0.324 e. The topological polar surface area (TPSA) is 26.3 Å². The number of rotatable bonds is 4. The summed E-state index contributed by atoms with van der Waals surface area (Å²) >= 11 is 0. The number of hydrogen-bond acceptors (Lipinski definition) is 2. The van der Waals surface area contributed by atoms with Crippen molar-refractivity contribution < 1.29 is 13.5 Å². The standard InChI is InChI=1S/C14H18FO2P/c15-14-9-5-4-6-12(14)10-11-18(16)17-13-7-2-1-3-8-13/h4-6,9-11,13,18H,1-3,7-8H2. The zero-order chi connectivity index (χ0) is 12.8. The SMILES string of the molecule is O=[PH](C=Cc1ccccc1F)OC1CCCCC1. The lowest BCUT2D eigenvalue weighted by molar-refractivity contribution is 0.168. The van der Waals surface area contributed by atoms with E-state index in [0.717, 1.165) is 25.7 Å². The molecule has 4 heteroatoms. The Kier molecular flexibility index (Phi) is 5.15. The van der Waals surface area contributed by atoms with Gasteiger partial charge in [-0.2, -0.15) is 0 Å². The first-order valence-corrected chi connectivity index (χ1v) is 7.78. The molecule has 2 nitrogen and oxygen atoms in total. The van der Waals surface area contributed by atoms with Gasteiger partial charge in [-0.05, 0) is 30.8 Å². The molecule has 1 fully saturated rings. The van der Waals surface area contributed by atoms with Crippen molar-refractivity contribution >= 4 is 14.1 Å². The third kappa shape index (κ3) is 4.08. The molecular weight excluding hydrogens is 250 g/mol. The highest BCUT2D eigenvalue weighted by atomic mass is 31.1. The Labute approximate surface area is 108 Å². The average Bonchev–Trinajstić information content (AvgIpc) is 2.39. The molecule has 0 N–H and O–H groups in total. The van der Waals surface area contributed by atoms with E-state index in [0.29, 0.717) is 5.56 Å². The van der Waals surface area contributed by atoms with Gasteiger partial charge in [0.2, 0.25) is 8.03 Å². The van der Waals surface area contributed by atoms with Crippen molar-refractivity contribution in [1.29, 1.82) is 0 Å². The van der Waals surface area contributed by atoms with Crippen molar-refractivity contribution in [3.05, 3.63) is 41.5 Å². The van der Waals surface area contributed by atoms with Crippen LogP contribution in [0.3, 0.4) is 0 Å². The Morgan fingerprint density at radius 3 is 2.67 bits per heavy atom. The van der Waals surface area contributed by atoms with Crippen molar-refractivity contribution in [3.8, 4) is 0 Å². The van der Waals surface area contributed by atoms with Gasteiger partial charge in [-0.25, -0.2) is 4.39 Å². The first kappa shape index (κ1) is 13.5. The van der Waals surface area contributed by atoms with E-state index in [2.05, 4.69) is 0 Å². The zero-order valence-electron chi connectivity index (χ0n) is 10.3. The van der Waals surface area contributed by atoms with E-state index >= 15 is 0 Å². The Morgan fingerprint density at radius 2 is 1.94 bits per heavy atom. The molecule has 98 valence electrons. The Balaban J connectivity index is 1.88. The number of hydrogen-bond donors (Lipinski definition) is 0. The molecule has 0 amide bonds. The summed E-state index contributed by atoms with van der Waals surface area (Å²) in [5.74, 6) is 1.18. The van der Waals surface area contributed by atoms with Gasteiger partial charge in [0.05, 0.1) is 6.10 Å². The van der Waals surface area contributed by atoms with Crippen LogP contribution in [0.4, 0.5) is 4.39 Å². The summed E-state index contributed by atoms with van der Waals surface area (Å²) in [4.78, 5) is 0. The minimum atomic E-state index is -2.20. The van der Waals surface area contributed by atoms with Gasteiger partial charge in [-0.1, -0.05) is 37.5 Å². The highest BCUT2D eigenvalue weighted by molar-refractivity contribution is 7.43. The zero-order valence-corrected chi connectivity index (χ0v) is 11.3. The predicted octanol–water partition coefficient (Wildman–Crippen LogP) is 4.62. The van der Waals surface area contributed by atoms with Crippen LogP contribution < -0.4 is 0 Å². The summed E-state index contributed by atoms with van der Waals surface area (Å²) in [6, 6.07) is 6.43. The highest BCUT2D eigenvalue weighted by Crippen LogP contribution is 2.33. The lowest BCUT2D eigenvalue weighted by atomic mass is 9.98. The van der Waals surface area contributed by atoms with Gasteiger partial charge in [0.15, 0.2) is 0 Å². The van der Waals surface area contributed by atoms with E-state index in [4.69, 9.17) is 4.52 Å². The second kappa shape index (κ2) is 6.86. The minimum absolute atomic E-state index is 0.121. The molecule has 0 radical (unpaired) electrons. The summed E-state index contributed by atoms with van der Waals surface area (Å²) in [5, 5.41) is 0. The van der Waals surface area contributed by atoms with E-state index in [1.54, 1.807) is 24.3 Å². The van der Waals surface area contributed by atoms with E-state index in [-0.39, 0.29) is 11.9 Å². The Hall–Kier alpha value is -0.920. The van der Waals surface area contributed by atoms with E-state index in [1.165, 1.54) is 18.3 Å². The normalized spacial score (nSPS) is 19.2. The van der Waals surface area contributed by atoms with E-state index in [9.17, 15) is 8.96 Å². The molecule has 0 saturated heterocycles. The third-order valence-electron chi connectivity index (χ3n) is 3.14. The molecule has 1 atom stereocenters. The van der Waals surface area contributed by atoms with Gasteiger partial charge in [-0.15, -0.1) is 0 Å². The lowest BCUT2D eigenvalue weighted by Crippen LogP contribution is -2.12. The van der Waals surface area contributed by atoms with Gasteiger partial charge in [-0.3, -0.25) is 4.57 Å². The maximum atomic E-state index is 13.3. The average molecular weight is 268 g/mol. The van der Waals surface area contributed by atoms with Crippen LogP contribution in [0.5, 0.6) is 0 Å². The van der Waals surface area contributed by atoms with E-state index < -0.39 is 8.03 Å². The predicted molar refractivity (Wildman–Crippen MR) is 72.4 cm³/mol. The van der Waals surface area contributed by atoms with Gasteiger partial charge < -0.3 is 4.52 Å². The monoisotopic (exact) mass is 268 g/mol. The maximum Gasteiger partial charge on any atom is 0.213 e. The molecular formula is C14H18FO2P. The molecule has 2 rings (SSSR count). The number of halogens is 1. The van der Waals surface area contributed by atoms with Crippen molar-refractivity contribution in [2.45, 2.75) is 38.2 Å².